The lowest BCUT2D eigenvalue weighted by atomic mass is 9.70. The maximum Gasteiger partial charge on any atom is 0.169 e. The van der Waals surface area contributed by atoms with Crippen LogP contribution in [-0.4, -0.2) is 18.5 Å². The number of rotatable bonds is 2. The van der Waals surface area contributed by atoms with Gasteiger partial charge in [0.15, 0.2) is 5.78 Å². The van der Waals surface area contributed by atoms with Gasteiger partial charge in [0, 0.05) is 12.5 Å². The highest BCUT2D eigenvalue weighted by Gasteiger charge is 2.46. The second kappa shape index (κ2) is 4.25. The summed E-state index contributed by atoms with van der Waals surface area (Å²) in [6.07, 6.45) is 4.11. The lowest BCUT2D eigenvalue weighted by Gasteiger charge is -2.41. The number of ketones is 1. The number of hydrogen-bond donors (Lipinski definition) is 0. The average Bonchev–Trinajstić information content (AvgIpc) is 2.15. The summed E-state index contributed by atoms with van der Waals surface area (Å²) in [7, 11) is 1.68. The number of hydrogen-bond acceptors (Lipinski definition) is 2. The van der Waals surface area contributed by atoms with Crippen LogP contribution in [-0.2, 0) is 9.53 Å². The first-order valence-electron chi connectivity index (χ1n) is 5.92. The molecule has 88 valence electrons. The van der Waals surface area contributed by atoms with Gasteiger partial charge in [-0.05, 0) is 25.2 Å². The monoisotopic (exact) mass is 212 g/mol. The number of Topliss-reactive ketones (excluding diaryl/α,β-unsaturated/α-hetero) is 1. The van der Waals surface area contributed by atoms with Crippen molar-refractivity contribution in [2.75, 3.05) is 7.11 Å². The van der Waals surface area contributed by atoms with E-state index in [1.54, 1.807) is 7.11 Å². The Morgan fingerprint density at radius 1 is 1.40 bits per heavy atom. The zero-order valence-electron chi connectivity index (χ0n) is 10.7. The van der Waals surface area contributed by atoms with Crippen molar-refractivity contribution in [3.63, 3.8) is 0 Å². The molecule has 1 aliphatic rings. The van der Waals surface area contributed by atoms with Gasteiger partial charge in [-0.1, -0.05) is 34.1 Å². The summed E-state index contributed by atoms with van der Waals surface area (Å²) in [5.41, 5.74) is -0.803. The molecule has 2 heteroatoms. The number of carbonyl (C=O) groups is 1. The minimum atomic E-state index is -0.504. The third-order valence-electron chi connectivity index (χ3n) is 3.44. The number of methoxy groups -OCH3 is 1. The molecule has 1 saturated carbocycles. The fraction of sp³-hybridized carbons (Fsp3) is 0.923. The molecule has 0 amide bonds. The van der Waals surface area contributed by atoms with E-state index in [1.165, 1.54) is 6.42 Å². The van der Waals surface area contributed by atoms with E-state index in [9.17, 15) is 4.79 Å². The molecule has 1 rings (SSSR count). The summed E-state index contributed by atoms with van der Waals surface area (Å²) in [6.45, 7) is 8.16. The lowest BCUT2D eigenvalue weighted by Crippen LogP contribution is -2.49. The topological polar surface area (TPSA) is 26.3 Å². The number of carbonyl (C=O) groups excluding carboxylic acids is 1. The van der Waals surface area contributed by atoms with Crippen molar-refractivity contribution in [1.82, 2.24) is 0 Å². The van der Waals surface area contributed by atoms with Crippen molar-refractivity contribution < 1.29 is 9.53 Å². The predicted molar refractivity (Wildman–Crippen MR) is 61.8 cm³/mol. The Balaban J connectivity index is 2.89. The van der Waals surface area contributed by atoms with Crippen molar-refractivity contribution in [3.05, 3.63) is 0 Å². The molecular formula is C13H24O2. The summed E-state index contributed by atoms with van der Waals surface area (Å²) in [5, 5.41) is 0. The molecule has 0 saturated heterocycles. The molecule has 2 nitrogen and oxygen atoms in total. The van der Waals surface area contributed by atoms with E-state index < -0.39 is 5.60 Å². The Hall–Kier alpha value is -0.370. The molecule has 0 bridgehead atoms. The van der Waals surface area contributed by atoms with Gasteiger partial charge >= 0.3 is 0 Å². The van der Waals surface area contributed by atoms with Gasteiger partial charge < -0.3 is 4.74 Å². The summed E-state index contributed by atoms with van der Waals surface area (Å²) in [6, 6.07) is 0. The molecule has 0 aromatic carbocycles. The molecule has 2 unspecified atom stereocenters. The molecule has 0 heterocycles. The maximum atomic E-state index is 12.4. The lowest BCUT2D eigenvalue weighted by molar-refractivity contribution is -0.155. The van der Waals surface area contributed by atoms with E-state index in [0.29, 0.717) is 5.92 Å². The van der Waals surface area contributed by atoms with E-state index in [2.05, 4.69) is 6.92 Å². The van der Waals surface area contributed by atoms with Crippen molar-refractivity contribution in [2.45, 2.75) is 59.0 Å². The summed E-state index contributed by atoms with van der Waals surface area (Å²) >= 11 is 0. The molecule has 0 aromatic rings. The van der Waals surface area contributed by atoms with Gasteiger partial charge in [0.05, 0.1) is 0 Å². The third-order valence-corrected chi connectivity index (χ3v) is 3.44. The van der Waals surface area contributed by atoms with Gasteiger partial charge in [0.2, 0.25) is 0 Å². The first-order valence-corrected chi connectivity index (χ1v) is 5.92. The molecule has 0 aliphatic heterocycles. The Morgan fingerprint density at radius 2 is 2.00 bits per heavy atom. The van der Waals surface area contributed by atoms with Gasteiger partial charge in [-0.15, -0.1) is 0 Å². The van der Waals surface area contributed by atoms with Crippen molar-refractivity contribution in [3.8, 4) is 0 Å². The van der Waals surface area contributed by atoms with Crippen LogP contribution < -0.4 is 0 Å². The molecule has 0 radical (unpaired) electrons. The normalized spacial score (nSPS) is 32.7. The van der Waals surface area contributed by atoms with Gasteiger partial charge in [0.1, 0.15) is 5.60 Å². The van der Waals surface area contributed by atoms with E-state index in [-0.39, 0.29) is 11.2 Å². The summed E-state index contributed by atoms with van der Waals surface area (Å²) in [4.78, 5) is 12.4. The van der Waals surface area contributed by atoms with Crippen LogP contribution >= 0.6 is 0 Å². The Kier molecular flexibility index (Phi) is 3.59. The second-order valence-electron chi connectivity index (χ2n) is 5.98. The van der Waals surface area contributed by atoms with Crippen LogP contribution in [0.25, 0.3) is 0 Å². The van der Waals surface area contributed by atoms with Gasteiger partial charge in [-0.3, -0.25) is 4.79 Å². The molecule has 0 aromatic heterocycles. The summed E-state index contributed by atoms with van der Waals surface area (Å²) in [5.74, 6) is 0.869. The average molecular weight is 212 g/mol. The highest BCUT2D eigenvalue weighted by molar-refractivity contribution is 5.91. The first-order chi connectivity index (χ1) is 6.82. The predicted octanol–water partition coefficient (Wildman–Crippen LogP) is 3.20. The standard InChI is InChI=1S/C13H24O2/c1-10-7-6-8-13(9-10,15-5)11(14)12(2,3)4/h10H,6-9H2,1-5H3. The van der Waals surface area contributed by atoms with Crippen LogP contribution in [0.3, 0.4) is 0 Å². The smallest absolute Gasteiger partial charge is 0.169 e. The van der Waals surface area contributed by atoms with Crippen LogP contribution in [0.5, 0.6) is 0 Å². The van der Waals surface area contributed by atoms with Crippen LogP contribution in [0.1, 0.15) is 53.4 Å². The molecule has 15 heavy (non-hydrogen) atoms. The highest BCUT2D eigenvalue weighted by Crippen LogP contribution is 2.39. The van der Waals surface area contributed by atoms with Crippen LogP contribution in [0.4, 0.5) is 0 Å². The minimum absolute atomic E-state index is 0.268. The molecule has 0 spiro atoms. The first kappa shape index (κ1) is 12.7. The van der Waals surface area contributed by atoms with Crippen LogP contribution in [0, 0.1) is 11.3 Å². The van der Waals surface area contributed by atoms with Crippen molar-refractivity contribution in [1.29, 1.82) is 0 Å². The van der Waals surface area contributed by atoms with E-state index in [0.717, 1.165) is 19.3 Å². The zero-order valence-corrected chi connectivity index (χ0v) is 10.7. The third kappa shape index (κ3) is 2.60. The van der Waals surface area contributed by atoms with E-state index in [1.807, 2.05) is 20.8 Å². The zero-order chi connectivity index (χ0) is 11.7. The fourth-order valence-electron chi connectivity index (χ4n) is 2.67. The van der Waals surface area contributed by atoms with E-state index in [4.69, 9.17) is 4.74 Å². The second-order valence-corrected chi connectivity index (χ2v) is 5.98. The molecule has 1 aliphatic carbocycles. The highest BCUT2D eigenvalue weighted by atomic mass is 16.5. The van der Waals surface area contributed by atoms with Crippen LogP contribution in [0.2, 0.25) is 0 Å². The largest absolute Gasteiger partial charge is 0.370 e. The molecule has 2 atom stereocenters. The SMILES string of the molecule is COC1(C(=O)C(C)(C)C)CCCC(C)C1. The Labute approximate surface area is 93.4 Å². The van der Waals surface area contributed by atoms with Crippen molar-refractivity contribution >= 4 is 5.78 Å². The Morgan fingerprint density at radius 3 is 2.40 bits per heavy atom. The van der Waals surface area contributed by atoms with Gasteiger partial charge in [0.25, 0.3) is 0 Å². The quantitative estimate of drug-likeness (QED) is 0.702. The maximum absolute atomic E-state index is 12.4. The molecule has 1 fully saturated rings. The van der Waals surface area contributed by atoms with Gasteiger partial charge in [-0.25, -0.2) is 0 Å². The summed E-state index contributed by atoms with van der Waals surface area (Å²) < 4.78 is 5.59. The molecular weight excluding hydrogens is 188 g/mol. The minimum Gasteiger partial charge on any atom is -0.370 e. The van der Waals surface area contributed by atoms with Gasteiger partial charge in [-0.2, -0.15) is 0 Å². The molecule has 0 N–H and O–H groups in total. The van der Waals surface area contributed by atoms with Crippen molar-refractivity contribution in [2.24, 2.45) is 11.3 Å². The number of ether oxygens (including phenoxy) is 1. The Bertz CT molecular complexity index is 239. The van der Waals surface area contributed by atoms with Crippen LogP contribution in [0.15, 0.2) is 0 Å². The van der Waals surface area contributed by atoms with E-state index >= 15 is 0 Å². The fourth-order valence-corrected chi connectivity index (χ4v) is 2.67.